The van der Waals surface area contributed by atoms with E-state index in [0.29, 0.717) is 6.42 Å². The number of nitrogens with zero attached hydrogens (tertiary/aromatic N) is 1. The SMILES string of the molecule is CN(CCCC=O)Cc1ccc(CO)cc1. The van der Waals surface area contributed by atoms with Gasteiger partial charge in [-0.3, -0.25) is 0 Å². The Balaban J connectivity index is 2.37. The molecule has 0 aliphatic heterocycles. The van der Waals surface area contributed by atoms with E-state index in [4.69, 9.17) is 5.11 Å². The zero-order valence-electron chi connectivity index (χ0n) is 9.72. The maximum atomic E-state index is 10.2. The van der Waals surface area contributed by atoms with E-state index >= 15 is 0 Å². The van der Waals surface area contributed by atoms with E-state index in [1.165, 1.54) is 5.56 Å². The van der Waals surface area contributed by atoms with Crippen molar-refractivity contribution in [1.82, 2.24) is 4.90 Å². The quantitative estimate of drug-likeness (QED) is 0.561. The van der Waals surface area contributed by atoms with E-state index in [0.717, 1.165) is 31.4 Å². The Morgan fingerprint density at radius 3 is 2.44 bits per heavy atom. The van der Waals surface area contributed by atoms with E-state index < -0.39 is 0 Å². The Bertz CT molecular complexity index is 308. The fourth-order valence-corrected chi connectivity index (χ4v) is 1.59. The number of aldehydes is 1. The highest BCUT2D eigenvalue weighted by molar-refractivity contribution is 5.49. The molecular formula is C13H19NO2. The Hall–Kier alpha value is -1.19. The Kier molecular flexibility index (Phi) is 5.75. The molecule has 0 aromatic heterocycles. The molecule has 1 rings (SSSR count). The largest absolute Gasteiger partial charge is 0.392 e. The first-order valence-electron chi connectivity index (χ1n) is 5.57. The summed E-state index contributed by atoms with van der Waals surface area (Å²) in [6.07, 6.45) is 2.51. The van der Waals surface area contributed by atoms with Crippen LogP contribution in [0, 0.1) is 0 Å². The van der Waals surface area contributed by atoms with Gasteiger partial charge >= 0.3 is 0 Å². The van der Waals surface area contributed by atoms with Gasteiger partial charge in [-0.05, 0) is 31.1 Å². The third-order valence-corrected chi connectivity index (χ3v) is 2.52. The molecule has 0 saturated heterocycles. The first kappa shape index (κ1) is 12.9. The third kappa shape index (κ3) is 4.55. The zero-order valence-corrected chi connectivity index (χ0v) is 9.72. The molecule has 0 bridgehead atoms. The number of carbonyl (C=O) groups is 1. The van der Waals surface area contributed by atoms with Gasteiger partial charge in [0, 0.05) is 13.0 Å². The van der Waals surface area contributed by atoms with E-state index in [9.17, 15) is 4.79 Å². The number of aliphatic hydroxyl groups excluding tert-OH is 1. The maximum absolute atomic E-state index is 10.2. The smallest absolute Gasteiger partial charge is 0.120 e. The molecule has 0 spiro atoms. The number of carbonyl (C=O) groups excluding carboxylic acids is 1. The maximum Gasteiger partial charge on any atom is 0.120 e. The van der Waals surface area contributed by atoms with Crippen molar-refractivity contribution < 1.29 is 9.90 Å². The lowest BCUT2D eigenvalue weighted by Gasteiger charge is -2.16. The van der Waals surface area contributed by atoms with Crippen molar-refractivity contribution in [3.05, 3.63) is 35.4 Å². The lowest BCUT2D eigenvalue weighted by atomic mass is 10.1. The van der Waals surface area contributed by atoms with Gasteiger partial charge in [0.1, 0.15) is 6.29 Å². The van der Waals surface area contributed by atoms with Crippen LogP contribution in [0.1, 0.15) is 24.0 Å². The molecule has 0 aliphatic rings. The summed E-state index contributed by atoms with van der Waals surface area (Å²) in [7, 11) is 2.05. The first-order valence-corrected chi connectivity index (χ1v) is 5.57. The monoisotopic (exact) mass is 221 g/mol. The number of hydrogen-bond donors (Lipinski definition) is 1. The molecule has 0 atom stereocenters. The van der Waals surface area contributed by atoms with Crippen LogP contribution in [0.5, 0.6) is 0 Å². The predicted molar refractivity (Wildman–Crippen MR) is 64.0 cm³/mol. The van der Waals surface area contributed by atoms with Gasteiger partial charge in [-0.2, -0.15) is 0 Å². The highest BCUT2D eigenvalue weighted by atomic mass is 16.3. The summed E-state index contributed by atoms with van der Waals surface area (Å²) >= 11 is 0. The summed E-state index contributed by atoms with van der Waals surface area (Å²) in [6, 6.07) is 7.94. The van der Waals surface area contributed by atoms with Gasteiger partial charge < -0.3 is 14.8 Å². The lowest BCUT2D eigenvalue weighted by molar-refractivity contribution is -0.108. The molecule has 0 radical (unpaired) electrons. The molecular weight excluding hydrogens is 202 g/mol. The molecule has 88 valence electrons. The molecule has 3 heteroatoms. The standard InChI is InChI=1S/C13H19NO2/c1-14(8-2-3-9-15)10-12-4-6-13(11-16)7-5-12/h4-7,9,16H,2-3,8,10-11H2,1H3. The van der Waals surface area contributed by atoms with Crippen molar-refractivity contribution in [1.29, 1.82) is 0 Å². The minimum absolute atomic E-state index is 0.0927. The zero-order chi connectivity index (χ0) is 11.8. The van der Waals surface area contributed by atoms with Gasteiger partial charge in [-0.1, -0.05) is 24.3 Å². The molecule has 0 aliphatic carbocycles. The Morgan fingerprint density at radius 1 is 1.25 bits per heavy atom. The normalized spacial score (nSPS) is 10.7. The number of rotatable bonds is 7. The van der Waals surface area contributed by atoms with Gasteiger partial charge in [-0.15, -0.1) is 0 Å². The van der Waals surface area contributed by atoms with Crippen LogP contribution < -0.4 is 0 Å². The first-order chi connectivity index (χ1) is 7.76. The van der Waals surface area contributed by atoms with Gasteiger partial charge in [0.25, 0.3) is 0 Å². The van der Waals surface area contributed by atoms with Gasteiger partial charge in [0.15, 0.2) is 0 Å². The van der Waals surface area contributed by atoms with Crippen LogP contribution >= 0.6 is 0 Å². The van der Waals surface area contributed by atoms with Crippen molar-refractivity contribution >= 4 is 6.29 Å². The number of hydrogen-bond acceptors (Lipinski definition) is 3. The Labute approximate surface area is 96.7 Å². The van der Waals surface area contributed by atoms with Gasteiger partial charge in [0.2, 0.25) is 0 Å². The predicted octanol–water partition coefficient (Wildman–Crippen LogP) is 1.59. The number of unbranched alkanes of at least 4 members (excludes halogenated alkanes) is 1. The van der Waals surface area contributed by atoms with E-state index in [1.807, 2.05) is 31.3 Å². The summed E-state index contributed by atoms with van der Waals surface area (Å²) in [6.45, 7) is 1.90. The van der Waals surface area contributed by atoms with Crippen LogP contribution in [0.2, 0.25) is 0 Å². The fraction of sp³-hybridized carbons (Fsp3) is 0.462. The summed E-state index contributed by atoms with van der Waals surface area (Å²) in [5, 5.41) is 8.91. The molecule has 1 aromatic rings. The van der Waals surface area contributed by atoms with Gasteiger partial charge in [-0.25, -0.2) is 0 Å². The molecule has 1 aromatic carbocycles. The fourth-order valence-electron chi connectivity index (χ4n) is 1.59. The van der Waals surface area contributed by atoms with E-state index in [-0.39, 0.29) is 6.61 Å². The molecule has 1 N–H and O–H groups in total. The topological polar surface area (TPSA) is 40.5 Å². The molecule has 0 fully saturated rings. The third-order valence-electron chi connectivity index (χ3n) is 2.52. The second-order valence-electron chi connectivity index (χ2n) is 4.02. The average Bonchev–Trinajstić information content (AvgIpc) is 2.30. The number of aliphatic hydroxyl groups is 1. The molecule has 3 nitrogen and oxygen atoms in total. The summed E-state index contributed by atoms with van der Waals surface area (Å²) < 4.78 is 0. The lowest BCUT2D eigenvalue weighted by Crippen LogP contribution is -2.19. The van der Waals surface area contributed by atoms with Crippen LogP contribution in [0.4, 0.5) is 0 Å². The second-order valence-corrected chi connectivity index (χ2v) is 4.02. The number of benzene rings is 1. The molecule has 0 amide bonds. The van der Waals surface area contributed by atoms with Crippen molar-refractivity contribution in [3.8, 4) is 0 Å². The van der Waals surface area contributed by atoms with E-state index in [1.54, 1.807) is 0 Å². The minimum Gasteiger partial charge on any atom is -0.392 e. The van der Waals surface area contributed by atoms with Crippen LogP contribution in [0.15, 0.2) is 24.3 Å². The van der Waals surface area contributed by atoms with Crippen LogP contribution in [0.3, 0.4) is 0 Å². The van der Waals surface area contributed by atoms with Crippen LogP contribution in [-0.2, 0) is 17.9 Å². The highest BCUT2D eigenvalue weighted by Crippen LogP contribution is 2.07. The summed E-state index contributed by atoms with van der Waals surface area (Å²) in [4.78, 5) is 12.4. The summed E-state index contributed by atoms with van der Waals surface area (Å²) in [5.41, 5.74) is 2.16. The van der Waals surface area contributed by atoms with Crippen molar-refractivity contribution in [2.24, 2.45) is 0 Å². The summed E-state index contributed by atoms with van der Waals surface area (Å²) in [5.74, 6) is 0. The van der Waals surface area contributed by atoms with Crippen molar-refractivity contribution in [2.45, 2.75) is 26.0 Å². The second kappa shape index (κ2) is 7.14. The molecule has 16 heavy (non-hydrogen) atoms. The van der Waals surface area contributed by atoms with Gasteiger partial charge in [0.05, 0.1) is 6.61 Å². The average molecular weight is 221 g/mol. The molecule has 0 heterocycles. The Morgan fingerprint density at radius 2 is 1.88 bits per heavy atom. The van der Waals surface area contributed by atoms with Crippen molar-refractivity contribution in [2.75, 3.05) is 13.6 Å². The molecule has 0 unspecified atom stereocenters. The van der Waals surface area contributed by atoms with Crippen LogP contribution in [-0.4, -0.2) is 29.9 Å². The van der Waals surface area contributed by atoms with Crippen molar-refractivity contribution in [3.63, 3.8) is 0 Å². The molecule has 0 saturated carbocycles. The minimum atomic E-state index is 0.0927. The van der Waals surface area contributed by atoms with E-state index in [2.05, 4.69) is 4.90 Å². The van der Waals surface area contributed by atoms with Crippen LogP contribution in [0.25, 0.3) is 0 Å². The highest BCUT2D eigenvalue weighted by Gasteiger charge is 2.00.